The minimum atomic E-state index is -0.261. The van der Waals surface area contributed by atoms with Crippen LogP contribution in [0.25, 0.3) is 0 Å². The highest BCUT2D eigenvalue weighted by Crippen LogP contribution is 2.12. The van der Waals surface area contributed by atoms with Crippen molar-refractivity contribution >= 4 is 5.97 Å². The topological polar surface area (TPSA) is 26.3 Å². The van der Waals surface area contributed by atoms with Gasteiger partial charge in [-0.1, -0.05) is 58.4 Å². The summed E-state index contributed by atoms with van der Waals surface area (Å²) < 4.78 is 4.60. The van der Waals surface area contributed by atoms with E-state index in [4.69, 9.17) is 0 Å². The van der Waals surface area contributed by atoms with Crippen molar-refractivity contribution in [1.29, 1.82) is 0 Å². The molecule has 0 aliphatic rings. The van der Waals surface area contributed by atoms with Crippen molar-refractivity contribution in [3.8, 4) is 0 Å². The third-order valence-electron chi connectivity index (χ3n) is 2.81. The SMILES string of the molecule is C=C(CCCCCCCCCC)C(=O)OC. The molecule has 0 aliphatic heterocycles. The van der Waals surface area contributed by atoms with Crippen LogP contribution in [0.2, 0.25) is 0 Å². The fourth-order valence-corrected chi connectivity index (χ4v) is 1.72. The molecule has 16 heavy (non-hydrogen) atoms. The quantitative estimate of drug-likeness (QED) is 0.316. The Labute approximate surface area is 100 Å². The molecule has 0 aliphatic carbocycles. The van der Waals surface area contributed by atoms with Gasteiger partial charge in [0.1, 0.15) is 0 Å². The van der Waals surface area contributed by atoms with Gasteiger partial charge < -0.3 is 4.74 Å². The second-order valence-corrected chi connectivity index (χ2v) is 4.32. The summed E-state index contributed by atoms with van der Waals surface area (Å²) in [6.07, 6.45) is 11.0. The molecule has 0 aromatic heterocycles. The highest BCUT2D eigenvalue weighted by Gasteiger charge is 2.05. The number of rotatable bonds is 10. The first-order chi connectivity index (χ1) is 7.72. The third kappa shape index (κ3) is 8.51. The van der Waals surface area contributed by atoms with E-state index in [-0.39, 0.29) is 5.97 Å². The number of carbonyl (C=O) groups is 1. The van der Waals surface area contributed by atoms with Crippen molar-refractivity contribution in [3.05, 3.63) is 12.2 Å². The van der Waals surface area contributed by atoms with Crippen molar-refractivity contribution in [3.63, 3.8) is 0 Å². The van der Waals surface area contributed by atoms with Crippen LogP contribution in [-0.4, -0.2) is 13.1 Å². The van der Waals surface area contributed by atoms with Crippen molar-refractivity contribution in [2.24, 2.45) is 0 Å². The Bertz CT molecular complexity index is 197. The molecule has 0 atom stereocenters. The fraction of sp³-hybridized carbons (Fsp3) is 0.786. The van der Waals surface area contributed by atoms with Crippen molar-refractivity contribution < 1.29 is 9.53 Å². The number of hydrogen-bond acceptors (Lipinski definition) is 2. The van der Waals surface area contributed by atoms with E-state index in [1.54, 1.807) is 0 Å². The molecule has 0 amide bonds. The van der Waals surface area contributed by atoms with Gasteiger partial charge in [0.25, 0.3) is 0 Å². The van der Waals surface area contributed by atoms with Crippen LogP contribution in [0.4, 0.5) is 0 Å². The molecule has 0 aromatic rings. The van der Waals surface area contributed by atoms with Gasteiger partial charge >= 0.3 is 5.97 Å². The van der Waals surface area contributed by atoms with Crippen LogP contribution in [0, 0.1) is 0 Å². The second kappa shape index (κ2) is 10.7. The van der Waals surface area contributed by atoms with Crippen LogP contribution in [0.15, 0.2) is 12.2 Å². The van der Waals surface area contributed by atoms with Crippen molar-refractivity contribution in [2.75, 3.05) is 7.11 Å². The summed E-state index contributed by atoms with van der Waals surface area (Å²) in [5.74, 6) is -0.261. The molecule has 0 fully saturated rings. The second-order valence-electron chi connectivity index (χ2n) is 4.32. The summed E-state index contributed by atoms with van der Waals surface area (Å²) in [6, 6.07) is 0. The molecule has 0 saturated heterocycles. The summed E-state index contributed by atoms with van der Waals surface area (Å²) in [7, 11) is 1.40. The Kier molecular flexibility index (Phi) is 10.2. The molecule has 94 valence electrons. The monoisotopic (exact) mass is 226 g/mol. The lowest BCUT2D eigenvalue weighted by Gasteiger charge is -2.03. The van der Waals surface area contributed by atoms with Gasteiger partial charge in [0.2, 0.25) is 0 Å². The van der Waals surface area contributed by atoms with E-state index in [0.29, 0.717) is 5.57 Å². The molecule has 2 nitrogen and oxygen atoms in total. The zero-order valence-corrected chi connectivity index (χ0v) is 10.9. The summed E-state index contributed by atoms with van der Waals surface area (Å²) in [6.45, 7) is 5.94. The number of esters is 1. The van der Waals surface area contributed by atoms with Crippen LogP contribution in [0.3, 0.4) is 0 Å². The average Bonchev–Trinajstić information content (AvgIpc) is 2.31. The number of carbonyl (C=O) groups excluding carboxylic acids is 1. The predicted octanol–water partition coefficient (Wildman–Crippen LogP) is 4.25. The third-order valence-corrected chi connectivity index (χ3v) is 2.81. The van der Waals surface area contributed by atoms with Gasteiger partial charge in [-0.3, -0.25) is 0 Å². The molecule has 0 rings (SSSR count). The van der Waals surface area contributed by atoms with E-state index in [2.05, 4.69) is 18.2 Å². The lowest BCUT2D eigenvalue weighted by molar-refractivity contribution is -0.136. The molecule has 0 unspecified atom stereocenters. The number of hydrogen-bond donors (Lipinski definition) is 0. The van der Waals surface area contributed by atoms with Crippen LogP contribution >= 0.6 is 0 Å². The molecule has 0 radical (unpaired) electrons. The van der Waals surface area contributed by atoms with Gasteiger partial charge in [-0.2, -0.15) is 0 Å². The standard InChI is InChI=1S/C14H26O2/c1-4-5-6-7-8-9-10-11-12-13(2)14(15)16-3/h2,4-12H2,1,3H3. The number of unbranched alkanes of at least 4 members (excludes halogenated alkanes) is 7. The smallest absolute Gasteiger partial charge is 0.333 e. The first-order valence-corrected chi connectivity index (χ1v) is 6.48. The minimum Gasteiger partial charge on any atom is -0.466 e. The Morgan fingerprint density at radius 2 is 1.50 bits per heavy atom. The normalized spacial score (nSPS) is 10.1. The van der Waals surface area contributed by atoms with Gasteiger partial charge in [0.05, 0.1) is 7.11 Å². The minimum absolute atomic E-state index is 0.261. The van der Waals surface area contributed by atoms with Crippen LogP contribution in [0.1, 0.15) is 64.7 Å². The fourth-order valence-electron chi connectivity index (χ4n) is 1.72. The van der Waals surface area contributed by atoms with Crippen molar-refractivity contribution in [2.45, 2.75) is 64.7 Å². The molecule has 0 heterocycles. The average molecular weight is 226 g/mol. The molecular weight excluding hydrogens is 200 g/mol. The number of ether oxygens (including phenoxy) is 1. The molecule has 0 saturated carbocycles. The molecule has 0 N–H and O–H groups in total. The van der Waals surface area contributed by atoms with E-state index in [0.717, 1.165) is 12.8 Å². The summed E-state index contributed by atoms with van der Waals surface area (Å²) >= 11 is 0. The van der Waals surface area contributed by atoms with Gasteiger partial charge in [0.15, 0.2) is 0 Å². The Morgan fingerprint density at radius 1 is 1.00 bits per heavy atom. The highest BCUT2D eigenvalue weighted by molar-refractivity contribution is 5.87. The van der Waals surface area contributed by atoms with Crippen LogP contribution in [0.5, 0.6) is 0 Å². The van der Waals surface area contributed by atoms with Gasteiger partial charge in [-0.25, -0.2) is 4.79 Å². The first kappa shape index (κ1) is 15.2. The van der Waals surface area contributed by atoms with Crippen molar-refractivity contribution in [1.82, 2.24) is 0 Å². The maximum atomic E-state index is 11.0. The Balaban J connectivity index is 3.21. The van der Waals surface area contributed by atoms with Gasteiger partial charge in [-0.05, 0) is 12.8 Å². The zero-order valence-electron chi connectivity index (χ0n) is 10.9. The number of methoxy groups -OCH3 is 1. The van der Waals surface area contributed by atoms with E-state index in [9.17, 15) is 4.79 Å². The van der Waals surface area contributed by atoms with Gasteiger partial charge in [-0.15, -0.1) is 0 Å². The first-order valence-electron chi connectivity index (χ1n) is 6.48. The molecular formula is C14H26O2. The molecule has 0 spiro atoms. The van der Waals surface area contributed by atoms with E-state index >= 15 is 0 Å². The van der Waals surface area contributed by atoms with E-state index < -0.39 is 0 Å². The van der Waals surface area contributed by atoms with Crippen LogP contribution < -0.4 is 0 Å². The van der Waals surface area contributed by atoms with Crippen LogP contribution in [-0.2, 0) is 9.53 Å². The summed E-state index contributed by atoms with van der Waals surface area (Å²) in [4.78, 5) is 11.0. The maximum Gasteiger partial charge on any atom is 0.333 e. The largest absolute Gasteiger partial charge is 0.466 e. The predicted molar refractivity (Wildman–Crippen MR) is 68.4 cm³/mol. The summed E-state index contributed by atoms with van der Waals surface area (Å²) in [5, 5.41) is 0. The molecule has 2 heteroatoms. The lowest BCUT2D eigenvalue weighted by atomic mass is 10.1. The zero-order chi connectivity index (χ0) is 12.2. The maximum absolute atomic E-state index is 11.0. The molecule has 0 bridgehead atoms. The highest BCUT2D eigenvalue weighted by atomic mass is 16.5. The summed E-state index contributed by atoms with van der Waals surface area (Å²) in [5.41, 5.74) is 0.605. The van der Waals surface area contributed by atoms with E-state index in [1.165, 1.54) is 52.1 Å². The Hall–Kier alpha value is -0.790. The van der Waals surface area contributed by atoms with E-state index in [1.807, 2.05) is 0 Å². The Morgan fingerprint density at radius 3 is 2.00 bits per heavy atom. The molecule has 0 aromatic carbocycles. The van der Waals surface area contributed by atoms with Gasteiger partial charge in [0, 0.05) is 5.57 Å². The lowest BCUT2D eigenvalue weighted by Crippen LogP contribution is -2.03.